The number of carbonyl (C=O) groups excluding carboxylic acids is 1. The van der Waals surface area contributed by atoms with Gasteiger partial charge in [-0.25, -0.2) is 0 Å². The van der Waals surface area contributed by atoms with Crippen molar-refractivity contribution in [2.45, 2.75) is 19.8 Å². The zero-order valence-corrected chi connectivity index (χ0v) is 12.6. The lowest BCUT2D eigenvalue weighted by Crippen LogP contribution is -2.42. The predicted octanol–water partition coefficient (Wildman–Crippen LogP) is 2.27. The van der Waals surface area contributed by atoms with Gasteiger partial charge in [0.2, 0.25) is 0 Å². The van der Waals surface area contributed by atoms with Crippen LogP contribution in [0.15, 0.2) is 22.7 Å². The molecule has 1 aliphatic heterocycles. The molecule has 1 fully saturated rings. The van der Waals surface area contributed by atoms with Gasteiger partial charge in [-0.05, 0) is 49.5 Å². The van der Waals surface area contributed by atoms with Gasteiger partial charge in [0.05, 0.1) is 5.56 Å². The lowest BCUT2D eigenvalue weighted by atomic mass is 9.81. The van der Waals surface area contributed by atoms with Crippen LogP contribution < -0.4 is 10.6 Å². The van der Waals surface area contributed by atoms with Crippen LogP contribution in [0.1, 0.15) is 30.1 Å². The number of benzene rings is 1. The van der Waals surface area contributed by atoms with E-state index in [1.54, 1.807) is 12.1 Å². The van der Waals surface area contributed by atoms with Gasteiger partial charge in [0.1, 0.15) is 5.75 Å². The third-order valence-electron chi connectivity index (χ3n) is 3.69. The number of piperidine rings is 1. The molecule has 2 rings (SSSR count). The minimum absolute atomic E-state index is 0.0103. The van der Waals surface area contributed by atoms with Gasteiger partial charge in [-0.2, -0.15) is 0 Å². The molecule has 1 aliphatic rings. The van der Waals surface area contributed by atoms with Gasteiger partial charge in [0, 0.05) is 11.0 Å². The highest BCUT2D eigenvalue weighted by Crippen LogP contribution is 2.27. The number of phenols is 1. The standard InChI is InChI=1S/C14H19BrN2O2/c1-14(4-6-16-7-5-14)9-17-13(19)11-8-10(15)2-3-12(11)18/h2-3,8,16,18H,4-7,9H2,1H3,(H,17,19). The quantitative estimate of drug-likeness (QED) is 0.798. The highest BCUT2D eigenvalue weighted by Gasteiger charge is 2.27. The molecule has 4 nitrogen and oxygen atoms in total. The van der Waals surface area contributed by atoms with Crippen LogP contribution >= 0.6 is 15.9 Å². The Morgan fingerprint density at radius 3 is 2.84 bits per heavy atom. The van der Waals surface area contributed by atoms with Gasteiger partial charge < -0.3 is 15.7 Å². The van der Waals surface area contributed by atoms with E-state index in [1.807, 2.05) is 0 Å². The number of phenolic OH excluding ortho intramolecular Hbond substituents is 1. The molecule has 5 heteroatoms. The fourth-order valence-electron chi connectivity index (χ4n) is 2.29. The maximum absolute atomic E-state index is 12.1. The molecule has 0 bridgehead atoms. The van der Waals surface area contributed by atoms with Crippen LogP contribution in [0.2, 0.25) is 0 Å². The molecule has 1 aromatic rings. The average molecular weight is 327 g/mol. The van der Waals surface area contributed by atoms with E-state index in [-0.39, 0.29) is 17.1 Å². The van der Waals surface area contributed by atoms with Crippen LogP contribution in [-0.4, -0.2) is 30.6 Å². The molecule has 19 heavy (non-hydrogen) atoms. The van der Waals surface area contributed by atoms with E-state index in [4.69, 9.17) is 0 Å². The van der Waals surface area contributed by atoms with Crippen LogP contribution in [0, 0.1) is 5.41 Å². The third kappa shape index (κ3) is 3.70. The Labute approximate surface area is 121 Å². The molecule has 1 aromatic carbocycles. The zero-order chi connectivity index (χ0) is 13.9. The van der Waals surface area contributed by atoms with Crippen molar-refractivity contribution >= 4 is 21.8 Å². The van der Waals surface area contributed by atoms with Crippen LogP contribution in [-0.2, 0) is 0 Å². The van der Waals surface area contributed by atoms with Gasteiger partial charge in [-0.15, -0.1) is 0 Å². The fourth-order valence-corrected chi connectivity index (χ4v) is 2.65. The molecular formula is C14H19BrN2O2. The Morgan fingerprint density at radius 1 is 1.47 bits per heavy atom. The first-order chi connectivity index (χ1) is 9.00. The van der Waals surface area contributed by atoms with Crippen molar-refractivity contribution in [2.24, 2.45) is 5.41 Å². The number of carbonyl (C=O) groups is 1. The van der Waals surface area contributed by atoms with Crippen LogP contribution in [0.4, 0.5) is 0 Å². The normalized spacial score (nSPS) is 18.0. The summed E-state index contributed by atoms with van der Waals surface area (Å²) in [5.74, 6) is -0.213. The molecule has 104 valence electrons. The van der Waals surface area contributed by atoms with Crippen LogP contribution in [0.25, 0.3) is 0 Å². The lowest BCUT2D eigenvalue weighted by Gasteiger charge is -2.34. The minimum atomic E-state index is -0.224. The van der Waals surface area contributed by atoms with Crippen molar-refractivity contribution in [1.29, 1.82) is 0 Å². The second-order valence-corrected chi connectivity index (χ2v) is 6.32. The smallest absolute Gasteiger partial charge is 0.255 e. The molecule has 0 saturated carbocycles. The van der Waals surface area contributed by atoms with Gasteiger partial charge in [-0.3, -0.25) is 4.79 Å². The average Bonchev–Trinajstić information content (AvgIpc) is 2.40. The largest absolute Gasteiger partial charge is 0.507 e. The predicted molar refractivity (Wildman–Crippen MR) is 78.4 cm³/mol. The maximum atomic E-state index is 12.1. The SMILES string of the molecule is CC1(CNC(=O)c2cc(Br)ccc2O)CCNCC1. The van der Waals surface area contributed by atoms with Crippen molar-refractivity contribution in [3.63, 3.8) is 0 Å². The Morgan fingerprint density at radius 2 is 2.16 bits per heavy atom. The van der Waals surface area contributed by atoms with Crippen molar-refractivity contribution < 1.29 is 9.90 Å². The summed E-state index contributed by atoms with van der Waals surface area (Å²) in [6.07, 6.45) is 2.11. The van der Waals surface area contributed by atoms with Crippen molar-refractivity contribution in [1.82, 2.24) is 10.6 Å². The number of hydrogen-bond donors (Lipinski definition) is 3. The van der Waals surface area contributed by atoms with Gasteiger partial charge in [0.15, 0.2) is 0 Å². The second-order valence-electron chi connectivity index (χ2n) is 5.40. The Bertz CT molecular complexity index is 471. The Kier molecular flexibility index (Phi) is 4.47. The van der Waals surface area contributed by atoms with Gasteiger partial charge in [0.25, 0.3) is 5.91 Å². The van der Waals surface area contributed by atoms with Gasteiger partial charge in [-0.1, -0.05) is 22.9 Å². The van der Waals surface area contributed by atoms with Crippen LogP contribution in [0.5, 0.6) is 5.75 Å². The number of nitrogens with one attached hydrogen (secondary N) is 2. The van der Waals surface area contributed by atoms with E-state index in [0.29, 0.717) is 12.1 Å². The molecule has 0 spiro atoms. The van der Waals surface area contributed by atoms with E-state index in [1.165, 1.54) is 6.07 Å². The first-order valence-electron chi connectivity index (χ1n) is 6.48. The number of amides is 1. The fraction of sp³-hybridized carbons (Fsp3) is 0.500. The maximum Gasteiger partial charge on any atom is 0.255 e. The van der Waals surface area contributed by atoms with Gasteiger partial charge >= 0.3 is 0 Å². The zero-order valence-electron chi connectivity index (χ0n) is 11.0. The summed E-state index contributed by atoms with van der Waals surface area (Å²) >= 11 is 3.30. The highest BCUT2D eigenvalue weighted by molar-refractivity contribution is 9.10. The summed E-state index contributed by atoms with van der Waals surface area (Å²) in [7, 11) is 0. The Hall–Kier alpha value is -1.07. The first-order valence-corrected chi connectivity index (χ1v) is 7.27. The molecular weight excluding hydrogens is 308 g/mol. The molecule has 1 amide bonds. The first kappa shape index (κ1) is 14.3. The molecule has 0 atom stereocenters. The van der Waals surface area contributed by atoms with E-state index in [2.05, 4.69) is 33.5 Å². The molecule has 0 aromatic heterocycles. The molecule has 3 N–H and O–H groups in total. The third-order valence-corrected chi connectivity index (χ3v) is 4.18. The van der Waals surface area contributed by atoms with E-state index in [9.17, 15) is 9.90 Å². The van der Waals surface area contributed by atoms with Crippen LogP contribution in [0.3, 0.4) is 0 Å². The van der Waals surface area contributed by atoms with Crippen molar-refractivity contribution in [3.05, 3.63) is 28.2 Å². The number of hydrogen-bond acceptors (Lipinski definition) is 3. The van der Waals surface area contributed by atoms with E-state index < -0.39 is 0 Å². The number of rotatable bonds is 3. The van der Waals surface area contributed by atoms with Crippen molar-refractivity contribution in [2.75, 3.05) is 19.6 Å². The summed E-state index contributed by atoms with van der Waals surface area (Å²) in [6, 6.07) is 4.86. The number of halogens is 1. The van der Waals surface area contributed by atoms with E-state index in [0.717, 1.165) is 30.4 Å². The minimum Gasteiger partial charge on any atom is -0.507 e. The summed E-state index contributed by atoms with van der Waals surface area (Å²) < 4.78 is 0.781. The highest BCUT2D eigenvalue weighted by atomic mass is 79.9. The Balaban J connectivity index is 1.99. The van der Waals surface area contributed by atoms with Crippen molar-refractivity contribution in [3.8, 4) is 5.75 Å². The molecule has 1 heterocycles. The molecule has 0 aliphatic carbocycles. The summed E-state index contributed by atoms with van der Waals surface area (Å²) in [5.41, 5.74) is 0.453. The lowest BCUT2D eigenvalue weighted by molar-refractivity contribution is 0.0919. The summed E-state index contributed by atoms with van der Waals surface area (Å²) in [6.45, 7) is 4.82. The summed E-state index contributed by atoms with van der Waals surface area (Å²) in [4.78, 5) is 12.1. The monoisotopic (exact) mass is 326 g/mol. The van der Waals surface area contributed by atoms with E-state index >= 15 is 0 Å². The molecule has 0 unspecified atom stereocenters. The molecule has 1 saturated heterocycles. The topological polar surface area (TPSA) is 61.4 Å². The summed E-state index contributed by atoms with van der Waals surface area (Å²) in [5, 5.41) is 16.0. The number of aromatic hydroxyl groups is 1. The second kappa shape index (κ2) is 5.92. The molecule has 0 radical (unpaired) electrons.